The van der Waals surface area contributed by atoms with Gasteiger partial charge in [-0.1, -0.05) is 6.42 Å². The number of aldehydes is 1. The number of benzene rings is 1. The van der Waals surface area contributed by atoms with E-state index < -0.39 is 17.5 Å². The van der Waals surface area contributed by atoms with E-state index >= 15 is 0 Å². The monoisotopic (exact) mass is 369 g/mol. The van der Waals surface area contributed by atoms with Crippen molar-refractivity contribution in [1.82, 2.24) is 4.98 Å². The number of aromatic nitrogens is 1. The number of fused-ring (bicyclic) bond motifs is 1. The van der Waals surface area contributed by atoms with Gasteiger partial charge in [0.15, 0.2) is 17.9 Å². The molecule has 0 spiro atoms. The lowest BCUT2D eigenvalue weighted by molar-refractivity contribution is 0.102. The van der Waals surface area contributed by atoms with Crippen LogP contribution < -0.4 is 10.2 Å². The standard InChI is InChI=1S/C20H20FN3O3/c21-17-7-14(6-15(11-25)19(17)26)20(27)23-16-4-5-18(22-8-16)24-9-12-2-1-3-13(12)10-24/h4-8,11-13,26H,1-3,9-10H2,(H,23,27)/t12-,13+. The maximum Gasteiger partial charge on any atom is 0.255 e. The SMILES string of the molecule is O=Cc1cc(C(=O)Nc2ccc(N3C[C@H]4CCC[C@H]4C3)nc2)cc(F)c1O. The molecule has 2 aliphatic rings. The van der Waals surface area contributed by atoms with E-state index in [1.807, 2.05) is 6.07 Å². The maximum atomic E-state index is 13.6. The second kappa shape index (κ2) is 6.98. The molecule has 1 aromatic carbocycles. The molecule has 27 heavy (non-hydrogen) atoms. The predicted octanol–water partition coefficient (Wildman–Crippen LogP) is 3.23. The Bertz CT molecular complexity index is 873. The Morgan fingerprint density at radius 1 is 1.26 bits per heavy atom. The van der Waals surface area contributed by atoms with Crippen molar-refractivity contribution in [3.8, 4) is 5.75 Å². The third-order valence-corrected chi connectivity index (χ3v) is 5.54. The van der Waals surface area contributed by atoms with Crippen LogP contribution in [0.25, 0.3) is 0 Å². The Hall–Kier alpha value is -2.96. The molecule has 2 atom stereocenters. The van der Waals surface area contributed by atoms with Gasteiger partial charge in [-0.2, -0.15) is 0 Å². The van der Waals surface area contributed by atoms with Crippen LogP contribution in [0.3, 0.4) is 0 Å². The number of carbonyl (C=O) groups excluding carboxylic acids is 2. The highest BCUT2D eigenvalue weighted by Crippen LogP contribution is 2.39. The van der Waals surface area contributed by atoms with Gasteiger partial charge in [-0.05, 0) is 48.9 Å². The number of pyridine rings is 1. The number of amides is 1. The molecule has 1 saturated carbocycles. The molecule has 1 amide bonds. The molecule has 2 heterocycles. The highest BCUT2D eigenvalue weighted by molar-refractivity contribution is 6.05. The Morgan fingerprint density at radius 3 is 2.63 bits per heavy atom. The summed E-state index contributed by atoms with van der Waals surface area (Å²) in [6.07, 6.45) is 5.78. The average molecular weight is 369 g/mol. The molecule has 6 nitrogen and oxygen atoms in total. The molecule has 1 aliphatic heterocycles. The zero-order chi connectivity index (χ0) is 19.0. The first-order valence-electron chi connectivity index (χ1n) is 9.05. The predicted molar refractivity (Wildman–Crippen MR) is 98.7 cm³/mol. The average Bonchev–Trinajstić information content (AvgIpc) is 3.26. The number of phenolic OH excluding ortho intramolecular Hbond substituents is 1. The fraction of sp³-hybridized carbons (Fsp3) is 0.350. The smallest absolute Gasteiger partial charge is 0.255 e. The Labute approximate surface area is 156 Å². The number of rotatable bonds is 4. The van der Waals surface area contributed by atoms with Crippen molar-refractivity contribution in [3.63, 3.8) is 0 Å². The summed E-state index contributed by atoms with van der Waals surface area (Å²) < 4.78 is 13.6. The van der Waals surface area contributed by atoms with Crippen molar-refractivity contribution in [2.75, 3.05) is 23.3 Å². The van der Waals surface area contributed by atoms with E-state index in [2.05, 4.69) is 15.2 Å². The summed E-state index contributed by atoms with van der Waals surface area (Å²) in [5.41, 5.74) is 0.154. The number of nitrogens with zero attached hydrogens (tertiary/aromatic N) is 2. The zero-order valence-electron chi connectivity index (χ0n) is 14.7. The molecule has 1 aliphatic carbocycles. The molecule has 2 aromatic rings. The fourth-order valence-corrected chi connectivity index (χ4v) is 4.11. The van der Waals surface area contributed by atoms with Gasteiger partial charge < -0.3 is 15.3 Å². The summed E-state index contributed by atoms with van der Waals surface area (Å²) in [7, 11) is 0. The van der Waals surface area contributed by atoms with E-state index in [1.165, 1.54) is 19.3 Å². The minimum atomic E-state index is -1.02. The summed E-state index contributed by atoms with van der Waals surface area (Å²) in [6.45, 7) is 2.06. The van der Waals surface area contributed by atoms with E-state index in [-0.39, 0.29) is 11.1 Å². The number of aromatic hydroxyl groups is 1. The molecule has 2 fully saturated rings. The molecule has 0 bridgehead atoms. The van der Waals surface area contributed by atoms with Crippen LogP contribution in [0.5, 0.6) is 5.75 Å². The molecule has 2 N–H and O–H groups in total. The van der Waals surface area contributed by atoms with Gasteiger partial charge >= 0.3 is 0 Å². The number of phenols is 1. The van der Waals surface area contributed by atoms with Crippen molar-refractivity contribution in [3.05, 3.63) is 47.4 Å². The summed E-state index contributed by atoms with van der Waals surface area (Å²) in [4.78, 5) is 29.9. The largest absolute Gasteiger partial charge is 0.504 e. The first kappa shape index (κ1) is 17.5. The number of carbonyl (C=O) groups is 2. The number of anilines is 2. The molecule has 0 unspecified atom stereocenters. The lowest BCUT2D eigenvalue weighted by Crippen LogP contribution is -2.21. The van der Waals surface area contributed by atoms with Gasteiger partial charge in [0.1, 0.15) is 5.82 Å². The minimum Gasteiger partial charge on any atom is -0.504 e. The molecule has 1 saturated heterocycles. The number of nitrogens with one attached hydrogen (secondary N) is 1. The molecule has 4 rings (SSSR count). The van der Waals surface area contributed by atoms with Crippen molar-refractivity contribution in [1.29, 1.82) is 0 Å². The Kier molecular flexibility index (Phi) is 4.51. The fourth-order valence-electron chi connectivity index (χ4n) is 4.11. The van der Waals surface area contributed by atoms with E-state index in [9.17, 15) is 19.1 Å². The number of hydrogen-bond acceptors (Lipinski definition) is 5. The van der Waals surface area contributed by atoms with E-state index in [0.717, 1.165) is 42.9 Å². The number of halogens is 1. The minimum absolute atomic E-state index is 0.0520. The third-order valence-electron chi connectivity index (χ3n) is 5.54. The first-order valence-corrected chi connectivity index (χ1v) is 9.05. The van der Waals surface area contributed by atoms with Gasteiger partial charge in [-0.15, -0.1) is 0 Å². The Morgan fingerprint density at radius 2 is 2.00 bits per heavy atom. The molecular formula is C20H20FN3O3. The molecular weight excluding hydrogens is 349 g/mol. The summed E-state index contributed by atoms with van der Waals surface area (Å²) in [6, 6.07) is 5.66. The van der Waals surface area contributed by atoms with Gasteiger partial charge in [0.2, 0.25) is 0 Å². The van der Waals surface area contributed by atoms with Crippen molar-refractivity contribution in [2.45, 2.75) is 19.3 Å². The van der Waals surface area contributed by atoms with Gasteiger partial charge in [0.05, 0.1) is 17.4 Å². The highest BCUT2D eigenvalue weighted by atomic mass is 19.1. The van der Waals surface area contributed by atoms with E-state index in [4.69, 9.17) is 0 Å². The molecule has 1 aromatic heterocycles. The lowest BCUT2D eigenvalue weighted by Gasteiger charge is -2.18. The molecule has 140 valence electrons. The van der Waals surface area contributed by atoms with Gasteiger partial charge in [-0.25, -0.2) is 9.37 Å². The van der Waals surface area contributed by atoms with E-state index in [1.54, 1.807) is 12.3 Å². The van der Waals surface area contributed by atoms with Crippen LogP contribution in [-0.4, -0.2) is 35.4 Å². The van der Waals surface area contributed by atoms with Crippen LogP contribution in [0.1, 0.15) is 40.0 Å². The second-order valence-corrected chi connectivity index (χ2v) is 7.23. The lowest BCUT2D eigenvalue weighted by atomic mass is 10.0. The van der Waals surface area contributed by atoms with Crippen molar-refractivity contribution in [2.24, 2.45) is 11.8 Å². The first-order chi connectivity index (χ1) is 13.0. The highest BCUT2D eigenvalue weighted by Gasteiger charge is 2.36. The van der Waals surface area contributed by atoms with Crippen LogP contribution in [0.4, 0.5) is 15.9 Å². The van der Waals surface area contributed by atoms with Gasteiger partial charge in [0, 0.05) is 18.7 Å². The third kappa shape index (κ3) is 3.37. The quantitative estimate of drug-likeness (QED) is 0.809. The number of hydrogen-bond donors (Lipinski definition) is 2. The van der Waals surface area contributed by atoms with Crippen LogP contribution in [0.15, 0.2) is 30.5 Å². The summed E-state index contributed by atoms with van der Waals surface area (Å²) in [5, 5.41) is 12.1. The zero-order valence-corrected chi connectivity index (χ0v) is 14.7. The molecule has 7 heteroatoms. The Balaban J connectivity index is 1.45. The van der Waals surface area contributed by atoms with Crippen molar-refractivity contribution >= 4 is 23.7 Å². The normalized spacial score (nSPS) is 21.1. The topological polar surface area (TPSA) is 82.5 Å². The van der Waals surface area contributed by atoms with Crippen LogP contribution >= 0.6 is 0 Å². The van der Waals surface area contributed by atoms with Crippen molar-refractivity contribution < 1.29 is 19.1 Å². The second-order valence-electron chi connectivity index (χ2n) is 7.23. The molecule has 0 radical (unpaired) electrons. The van der Waals surface area contributed by atoms with Crippen LogP contribution in [0.2, 0.25) is 0 Å². The summed E-state index contributed by atoms with van der Waals surface area (Å²) in [5.74, 6) is 0.0644. The summed E-state index contributed by atoms with van der Waals surface area (Å²) >= 11 is 0. The van der Waals surface area contributed by atoms with Crippen LogP contribution in [-0.2, 0) is 0 Å². The maximum absolute atomic E-state index is 13.6. The van der Waals surface area contributed by atoms with Gasteiger partial charge in [0.25, 0.3) is 5.91 Å². The van der Waals surface area contributed by atoms with E-state index in [0.29, 0.717) is 12.0 Å². The van der Waals surface area contributed by atoms with Crippen LogP contribution in [0, 0.1) is 17.7 Å². The van der Waals surface area contributed by atoms with Gasteiger partial charge in [-0.3, -0.25) is 9.59 Å².